The second-order valence-electron chi connectivity index (χ2n) is 3.18. The average molecular weight is 207 g/mol. The minimum atomic E-state index is -1.01. The van der Waals surface area contributed by atoms with E-state index in [1.165, 1.54) is 12.3 Å². The Morgan fingerprint density at radius 2 is 2.20 bits per heavy atom. The molecule has 0 saturated heterocycles. The quantitative estimate of drug-likeness (QED) is 0.628. The summed E-state index contributed by atoms with van der Waals surface area (Å²) < 4.78 is 0. The van der Waals surface area contributed by atoms with Crippen molar-refractivity contribution >= 4 is 0 Å². The van der Waals surface area contributed by atoms with E-state index in [0.29, 0.717) is 18.5 Å². The maximum absolute atomic E-state index is 9.66. The van der Waals surface area contributed by atoms with Crippen LogP contribution < -0.4 is 5.73 Å². The Labute approximate surface area is 87.8 Å². The Morgan fingerprint density at radius 3 is 2.67 bits per heavy atom. The van der Waals surface area contributed by atoms with E-state index in [0.717, 1.165) is 0 Å². The molecule has 5 heteroatoms. The van der Waals surface area contributed by atoms with E-state index in [9.17, 15) is 10.2 Å². The Balaban J connectivity index is 2.74. The molecule has 2 unspecified atom stereocenters. The van der Waals surface area contributed by atoms with E-state index >= 15 is 0 Å². The van der Waals surface area contributed by atoms with E-state index in [1.807, 2.05) is 6.07 Å². The largest absolute Gasteiger partial charge is 0.390 e. The number of hydrogen-bond donors (Lipinski definition) is 3. The Kier molecular flexibility index (Phi) is 4.18. The summed E-state index contributed by atoms with van der Waals surface area (Å²) in [5.74, 6) is 0. The first kappa shape index (κ1) is 11.6. The summed E-state index contributed by atoms with van der Waals surface area (Å²) in [6.07, 6.45) is -0.206. The van der Waals surface area contributed by atoms with Gasteiger partial charge in [0.25, 0.3) is 0 Å². The van der Waals surface area contributed by atoms with Crippen molar-refractivity contribution in [3.05, 3.63) is 29.6 Å². The SMILES string of the molecule is N#Cc1ccc(C(O)C(O)CCN)cn1. The lowest BCUT2D eigenvalue weighted by molar-refractivity contribution is 0.0148. The molecule has 4 N–H and O–H groups in total. The molecule has 0 radical (unpaired) electrons. The smallest absolute Gasteiger partial charge is 0.140 e. The van der Waals surface area contributed by atoms with Crippen LogP contribution in [0.4, 0.5) is 0 Å². The molecule has 1 aromatic rings. The lowest BCUT2D eigenvalue weighted by Gasteiger charge is -2.16. The molecule has 0 saturated carbocycles. The van der Waals surface area contributed by atoms with Crippen LogP contribution in [-0.4, -0.2) is 27.8 Å². The Hall–Kier alpha value is -1.48. The van der Waals surface area contributed by atoms with Gasteiger partial charge in [-0.25, -0.2) is 4.98 Å². The van der Waals surface area contributed by atoms with Gasteiger partial charge in [0.1, 0.15) is 17.9 Å². The zero-order valence-corrected chi connectivity index (χ0v) is 8.17. The maximum Gasteiger partial charge on any atom is 0.140 e. The van der Waals surface area contributed by atoms with E-state index < -0.39 is 12.2 Å². The van der Waals surface area contributed by atoms with Crippen LogP contribution in [0, 0.1) is 11.3 Å². The number of aromatic nitrogens is 1. The van der Waals surface area contributed by atoms with Gasteiger partial charge in [-0.15, -0.1) is 0 Å². The molecule has 80 valence electrons. The summed E-state index contributed by atoms with van der Waals surface area (Å²) >= 11 is 0. The van der Waals surface area contributed by atoms with Gasteiger partial charge in [-0.3, -0.25) is 0 Å². The Bertz CT molecular complexity index is 345. The lowest BCUT2D eigenvalue weighted by Crippen LogP contribution is -2.21. The van der Waals surface area contributed by atoms with Crippen LogP contribution in [0.15, 0.2) is 18.3 Å². The fourth-order valence-corrected chi connectivity index (χ4v) is 1.20. The molecule has 0 aliphatic rings. The lowest BCUT2D eigenvalue weighted by atomic mass is 10.0. The normalized spacial score (nSPS) is 14.3. The third kappa shape index (κ3) is 2.99. The van der Waals surface area contributed by atoms with Crippen LogP contribution in [0.1, 0.15) is 23.8 Å². The standard InChI is InChI=1S/C10H13N3O2/c11-4-3-9(14)10(15)7-1-2-8(5-12)13-6-7/h1-2,6,9-10,14-15H,3-4,11H2. The first-order valence-corrected chi connectivity index (χ1v) is 4.61. The monoisotopic (exact) mass is 207 g/mol. The van der Waals surface area contributed by atoms with Gasteiger partial charge in [0.05, 0.1) is 6.10 Å². The predicted octanol–water partition coefficient (Wildman–Crippen LogP) is -0.304. The number of nitrogens with two attached hydrogens (primary N) is 1. The van der Waals surface area contributed by atoms with Crippen molar-refractivity contribution in [1.29, 1.82) is 5.26 Å². The summed E-state index contributed by atoms with van der Waals surface area (Å²) in [5, 5.41) is 27.6. The van der Waals surface area contributed by atoms with Crippen molar-refractivity contribution < 1.29 is 10.2 Å². The molecule has 5 nitrogen and oxygen atoms in total. The van der Waals surface area contributed by atoms with Crippen LogP contribution in [0.25, 0.3) is 0 Å². The number of nitrogens with zero attached hydrogens (tertiary/aromatic N) is 2. The molecular formula is C10H13N3O2. The maximum atomic E-state index is 9.66. The number of aliphatic hydroxyl groups is 2. The molecule has 2 atom stereocenters. The van der Waals surface area contributed by atoms with Crippen molar-refractivity contribution in [2.45, 2.75) is 18.6 Å². The fourth-order valence-electron chi connectivity index (χ4n) is 1.20. The van der Waals surface area contributed by atoms with E-state index in [-0.39, 0.29) is 5.69 Å². The number of hydrogen-bond acceptors (Lipinski definition) is 5. The third-order valence-corrected chi connectivity index (χ3v) is 2.07. The number of nitriles is 1. The van der Waals surface area contributed by atoms with Crippen molar-refractivity contribution in [1.82, 2.24) is 4.98 Å². The second-order valence-corrected chi connectivity index (χ2v) is 3.18. The molecule has 0 bridgehead atoms. The highest BCUT2D eigenvalue weighted by molar-refractivity contribution is 5.24. The number of pyridine rings is 1. The molecule has 0 aromatic carbocycles. The van der Waals surface area contributed by atoms with E-state index in [1.54, 1.807) is 6.07 Å². The van der Waals surface area contributed by atoms with Crippen LogP contribution in [0.5, 0.6) is 0 Å². The van der Waals surface area contributed by atoms with Crippen molar-refractivity contribution in [2.75, 3.05) is 6.54 Å². The molecular weight excluding hydrogens is 194 g/mol. The average Bonchev–Trinajstić information content (AvgIpc) is 2.28. The minimum Gasteiger partial charge on any atom is -0.390 e. The molecule has 1 aromatic heterocycles. The van der Waals surface area contributed by atoms with E-state index in [2.05, 4.69) is 4.98 Å². The minimum absolute atomic E-state index is 0.277. The van der Waals surface area contributed by atoms with Gasteiger partial charge in [0, 0.05) is 11.8 Å². The number of aliphatic hydroxyl groups excluding tert-OH is 2. The Morgan fingerprint density at radius 1 is 1.47 bits per heavy atom. The van der Waals surface area contributed by atoms with Gasteiger partial charge in [-0.05, 0) is 19.0 Å². The predicted molar refractivity (Wildman–Crippen MR) is 53.6 cm³/mol. The summed E-state index contributed by atoms with van der Waals surface area (Å²) in [6, 6.07) is 4.93. The topological polar surface area (TPSA) is 103 Å². The zero-order valence-electron chi connectivity index (χ0n) is 8.17. The van der Waals surface area contributed by atoms with Gasteiger partial charge in [-0.1, -0.05) is 6.07 Å². The second kappa shape index (κ2) is 5.41. The summed E-state index contributed by atoms with van der Waals surface area (Å²) in [7, 11) is 0. The summed E-state index contributed by atoms with van der Waals surface area (Å²) in [5.41, 5.74) is 6.02. The van der Waals surface area contributed by atoms with Gasteiger partial charge < -0.3 is 15.9 Å². The zero-order chi connectivity index (χ0) is 11.3. The van der Waals surface area contributed by atoms with Crippen LogP contribution in [0.2, 0.25) is 0 Å². The van der Waals surface area contributed by atoms with E-state index in [4.69, 9.17) is 11.0 Å². The molecule has 0 aliphatic carbocycles. The van der Waals surface area contributed by atoms with Crippen molar-refractivity contribution in [2.24, 2.45) is 5.73 Å². The third-order valence-electron chi connectivity index (χ3n) is 2.07. The van der Waals surface area contributed by atoms with Gasteiger partial charge in [0.2, 0.25) is 0 Å². The van der Waals surface area contributed by atoms with Gasteiger partial charge in [0.15, 0.2) is 0 Å². The van der Waals surface area contributed by atoms with Crippen LogP contribution in [0.3, 0.4) is 0 Å². The van der Waals surface area contributed by atoms with Crippen LogP contribution in [-0.2, 0) is 0 Å². The molecule has 0 fully saturated rings. The highest BCUT2D eigenvalue weighted by atomic mass is 16.3. The highest BCUT2D eigenvalue weighted by Crippen LogP contribution is 2.17. The first-order chi connectivity index (χ1) is 7.19. The molecule has 1 rings (SSSR count). The highest BCUT2D eigenvalue weighted by Gasteiger charge is 2.17. The fraction of sp³-hybridized carbons (Fsp3) is 0.400. The van der Waals surface area contributed by atoms with Crippen molar-refractivity contribution in [3.8, 4) is 6.07 Å². The molecule has 0 spiro atoms. The number of rotatable bonds is 4. The molecule has 0 aliphatic heterocycles. The van der Waals surface area contributed by atoms with Gasteiger partial charge in [-0.2, -0.15) is 5.26 Å². The van der Waals surface area contributed by atoms with Gasteiger partial charge >= 0.3 is 0 Å². The van der Waals surface area contributed by atoms with Crippen LogP contribution >= 0.6 is 0 Å². The molecule has 15 heavy (non-hydrogen) atoms. The summed E-state index contributed by atoms with van der Waals surface area (Å²) in [4.78, 5) is 3.80. The molecule has 0 amide bonds. The first-order valence-electron chi connectivity index (χ1n) is 4.61. The summed E-state index contributed by atoms with van der Waals surface area (Å²) in [6.45, 7) is 0.307. The van der Waals surface area contributed by atoms with Crippen molar-refractivity contribution in [3.63, 3.8) is 0 Å². The molecule has 1 heterocycles.